The Bertz CT molecular complexity index is 492. The molecule has 2 aromatic carbocycles. The molecule has 0 spiro atoms. The average molecular weight is 261 g/mol. The van der Waals surface area contributed by atoms with Crippen molar-refractivity contribution in [1.82, 2.24) is 0 Å². The lowest BCUT2D eigenvalue weighted by molar-refractivity contribution is 0.0702. The Labute approximate surface area is 113 Å². The van der Waals surface area contributed by atoms with Gasteiger partial charge in [-0.3, -0.25) is 0 Å². The first-order valence-corrected chi connectivity index (χ1v) is 6.58. The Morgan fingerprint density at radius 1 is 0.944 bits per heavy atom. The van der Waals surface area contributed by atoms with Crippen LogP contribution in [0.2, 0.25) is 5.02 Å². The molecule has 0 saturated carbocycles. The third kappa shape index (κ3) is 2.58. The molecule has 0 fully saturated rings. The van der Waals surface area contributed by atoms with Crippen LogP contribution in [-0.4, -0.2) is 5.11 Å². The van der Waals surface area contributed by atoms with Gasteiger partial charge in [0.05, 0.1) is 0 Å². The Morgan fingerprint density at radius 3 is 2.06 bits per heavy atom. The number of halogens is 1. The highest BCUT2D eigenvalue weighted by molar-refractivity contribution is 6.30. The van der Waals surface area contributed by atoms with Gasteiger partial charge >= 0.3 is 0 Å². The molecule has 0 radical (unpaired) electrons. The summed E-state index contributed by atoms with van der Waals surface area (Å²) >= 11 is 5.90. The van der Waals surface area contributed by atoms with Crippen LogP contribution in [0.1, 0.15) is 30.9 Å². The van der Waals surface area contributed by atoms with E-state index in [2.05, 4.69) is 6.92 Å². The largest absolute Gasteiger partial charge is 0.380 e. The minimum atomic E-state index is -0.930. The van der Waals surface area contributed by atoms with Crippen LogP contribution in [0.5, 0.6) is 0 Å². The quantitative estimate of drug-likeness (QED) is 0.865. The van der Waals surface area contributed by atoms with Gasteiger partial charge in [0.15, 0.2) is 0 Å². The van der Waals surface area contributed by atoms with Crippen molar-refractivity contribution in [1.29, 1.82) is 0 Å². The summed E-state index contributed by atoms with van der Waals surface area (Å²) in [5.41, 5.74) is 0.884. The van der Waals surface area contributed by atoms with Crippen LogP contribution >= 0.6 is 11.6 Å². The maximum atomic E-state index is 11.0. The van der Waals surface area contributed by atoms with E-state index in [9.17, 15) is 5.11 Å². The van der Waals surface area contributed by atoms with E-state index >= 15 is 0 Å². The molecule has 0 saturated heterocycles. The van der Waals surface area contributed by atoms with Crippen LogP contribution in [0.25, 0.3) is 0 Å². The third-order valence-corrected chi connectivity index (χ3v) is 3.44. The first kappa shape index (κ1) is 13.1. The average Bonchev–Trinajstić information content (AvgIpc) is 2.40. The van der Waals surface area contributed by atoms with E-state index in [0.717, 1.165) is 17.5 Å². The Kier molecular flexibility index (Phi) is 4.05. The van der Waals surface area contributed by atoms with Crippen LogP contribution < -0.4 is 0 Å². The topological polar surface area (TPSA) is 20.2 Å². The van der Waals surface area contributed by atoms with Gasteiger partial charge in [-0.15, -0.1) is 0 Å². The first-order chi connectivity index (χ1) is 8.66. The van der Waals surface area contributed by atoms with Gasteiger partial charge in [0, 0.05) is 5.02 Å². The number of rotatable bonds is 4. The molecular formula is C16H17ClO. The van der Waals surface area contributed by atoms with Gasteiger partial charge in [0.2, 0.25) is 0 Å². The van der Waals surface area contributed by atoms with Crippen LogP contribution in [-0.2, 0) is 5.60 Å². The van der Waals surface area contributed by atoms with Crippen molar-refractivity contribution in [2.75, 3.05) is 0 Å². The SMILES string of the molecule is CCCC(O)(c1ccccc1)c1ccc(Cl)cc1. The number of benzene rings is 2. The van der Waals surface area contributed by atoms with Gasteiger partial charge in [0.25, 0.3) is 0 Å². The molecule has 0 aromatic heterocycles. The van der Waals surface area contributed by atoms with Gasteiger partial charge in [0.1, 0.15) is 5.60 Å². The van der Waals surface area contributed by atoms with Crippen LogP contribution in [0, 0.1) is 0 Å². The summed E-state index contributed by atoms with van der Waals surface area (Å²) in [6.45, 7) is 2.07. The van der Waals surface area contributed by atoms with Crippen molar-refractivity contribution in [3.63, 3.8) is 0 Å². The molecule has 2 aromatic rings. The normalized spacial score (nSPS) is 14.2. The lowest BCUT2D eigenvalue weighted by atomic mass is 9.83. The number of hydrogen-bond donors (Lipinski definition) is 1. The zero-order valence-electron chi connectivity index (χ0n) is 10.4. The molecule has 0 aliphatic carbocycles. The molecule has 0 bridgehead atoms. The predicted octanol–water partition coefficient (Wildman–Crippen LogP) is 4.38. The summed E-state index contributed by atoms with van der Waals surface area (Å²) in [6.07, 6.45) is 1.60. The maximum absolute atomic E-state index is 11.0. The second-order valence-corrected chi connectivity index (χ2v) is 4.92. The van der Waals surface area contributed by atoms with E-state index in [1.165, 1.54) is 0 Å². The molecule has 1 N–H and O–H groups in total. The molecule has 0 heterocycles. The fourth-order valence-electron chi connectivity index (χ4n) is 2.26. The second kappa shape index (κ2) is 5.55. The fraction of sp³-hybridized carbons (Fsp3) is 0.250. The highest BCUT2D eigenvalue weighted by Gasteiger charge is 2.30. The monoisotopic (exact) mass is 260 g/mol. The van der Waals surface area contributed by atoms with Gasteiger partial charge < -0.3 is 5.11 Å². The van der Waals surface area contributed by atoms with Crippen molar-refractivity contribution in [2.24, 2.45) is 0 Å². The van der Waals surface area contributed by atoms with Crippen molar-refractivity contribution in [2.45, 2.75) is 25.4 Å². The van der Waals surface area contributed by atoms with Gasteiger partial charge in [-0.05, 0) is 29.7 Å². The first-order valence-electron chi connectivity index (χ1n) is 6.21. The fourth-order valence-corrected chi connectivity index (χ4v) is 2.38. The number of hydrogen-bond acceptors (Lipinski definition) is 1. The lowest BCUT2D eigenvalue weighted by Gasteiger charge is -2.29. The molecule has 2 heteroatoms. The van der Waals surface area contributed by atoms with Crippen molar-refractivity contribution >= 4 is 11.6 Å². The highest BCUT2D eigenvalue weighted by Crippen LogP contribution is 2.34. The molecule has 1 unspecified atom stereocenters. The summed E-state index contributed by atoms with van der Waals surface area (Å²) in [6, 6.07) is 17.2. The zero-order valence-corrected chi connectivity index (χ0v) is 11.2. The molecule has 1 atom stereocenters. The second-order valence-electron chi connectivity index (χ2n) is 4.48. The van der Waals surface area contributed by atoms with Crippen molar-refractivity contribution < 1.29 is 5.11 Å². The van der Waals surface area contributed by atoms with E-state index in [-0.39, 0.29) is 0 Å². The van der Waals surface area contributed by atoms with Crippen LogP contribution in [0.3, 0.4) is 0 Å². The highest BCUT2D eigenvalue weighted by atomic mass is 35.5. The standard InChI is InChI=1S/C16H17ClO/c1-2-12-16(18,13-6-4-3-5-7-13)14-8-10-15(17)11-9-14/h3-11,18H,2,12H2,1H3. The van der Waals surface area contributed by atoms with Crippen molar-refractivity contribution in [3.05, 3.63) is 70.7 Å². The smallest absolute Gasteiger partial charge is 0.115 e. The molecule has 0 aliphatic rings. The minimum Gasteiger partial charge on any atom is -0.380 e. The van der Waals surface area contributed by atoms with Gasteiger partial charge in [-0.1, -0.05) is 67.4 Å². The van der Waals surface area contributed by atoms with Crippen molar-refractivity contribution in [3.8, 4) is 0 Å². The van der Waals surface area contributed by atoms with E-state index in [4.69, 9.17) is 11.6 Å². The summed E-state index contributed by atoms with van der Waals surface area (Å²) < 4.78 is 0. The molecule has 0 aliphatic heterocycles. The summed E-state index contributed by atoms with van der Waals surface area (Å²) in [5.74, 6) is 0. The summed E-state index contributed by atoms with van der Waals surface area (Å²) in [7, 11) is 0. The number of aliphatic hydroxyl groups is 1. The van der Waals surface area contributed by atoms with E-state index < -0.39 is 5.60 Å². The van der Waals surface area contributed by atoms with Crippen LogP contribution in [0.15, 0.2) is 54.6 Å². The van der Waals surface area contributed by atoms with E-state index in [1.54, 1.807) is 0 Å². The Morgan fingerprint density at radius 2 is 1.50 bits per heavy atom. The van der Waals surface area contributed by atoms with Gasteiger partial charge in [-0.2, -0.15) is 0 Å². The molecule has 18 heavy (non-hydrogen) atoms. The molecular weight excluding hydrogens is 244 g/mol. The van der Waals surface area contributed by atoms with E-state index in [1.807, 2.05) is 54.6 Å². The van der Waals surface area contributed by atoms with Gasteiger partial charge in [-0.25, -0.2) is 0 Å². The molecule has 0 amide bonds. The summed E-state index contributed by atoms with van der Waals surface area (Å²) in [4.78, 5) is 0. The molecule has 1 nitrogen and oxygen atoms in total. The van der Waals surface area contributed by atoms with Crippen LogP contribution in [0.4, 0.5) is 0 Å². The molecule has 2 rings (SSSR count). The van der Waals surface area contributed by atoms with E-state index in [0.29, 0.717) is 11.4 Å². The lowest BCUT2D eigenvalue weighted by Crippen LogP contribution is -2.26. The minimum absolute atomic E-state index is 0.686. The third-order valence-electron chi connectivity index (χ3n) is 3.18. The predicted molar refractivity (Wildman–Crippen MR) is 75.8 cm³/mol. The zero-order chi connectivity index (χ0) is 13.0. The Hall–Kier alpha value is -1.31. The summed E-state index contributed by atoms with van der Waals surface area (Å²) in [5, 5.41) is 11.7. The maximum Gasteiger partial charge on any atom is 0.115 e. The molecule has 94 valence electrons. The Balaban J connectivity index is 2.47.